The molecule has 0 saturated carbocycles. The van der Waals surface area contributed by atoms with Crippen LogP contribution in [0.4, 0.5) is 4.79 Å². The summed E-state index contributed by atoms with van der Waals surface area (Å²) < 4.78 is 5.61. The molecule has 1 fully saturated rings. The Balaban J connectivity index is 1.60. The maximum absolute atomic E-state index is 12.7. The zero-order chi connectivity index (χ0) is 19.7. The van der Waals surface area contributed by atoms with Crippen molar-refractivity contribution in [2.24, 2.45) is 0 Å². The van der Waals surface area contributed by atoms with Crippen molar-refractivity contribution in [3.63, 3.8) is 0 Å². The lowest BCUT2D eigenvalue weighted by Gasteiger charge is -2.35. The van der Waals surface area contributed by atoms with Crippen molar-refractivity contribution in [1.82, 2.24) is 14.9 Å². The van der Waals surface area contributed by atoms with Crippen molar-refractivity contribution >= 4 is 16.9 Å². The van der Waals surface area contributed by atoms with Crippen LogP contribution in [0.15, 0.2) is 48.7 Å². The summed E-state index contributed by atoms with van der Waals surface area (Å²) in [5.74, 6) is 0.828. The second-order valence-electron chi connectivity index (χ2n) is 8.43. The summed E-state index contributed by atoms with van der Waals surface area (Å²) in [6, 6.07) is 14.6. The fraction of sp³-hybridized carbons (Fsp3) is 0.391. The molecule has 146 valence electrons. The second-order valence-corrected chi connectivity index (χ2v) is 8.43. The van der Waals surface area contributed by atoms with Gasteiger partial charge in [0.1, 0.15) is 11.4 Å². The number of ether oxygens (including phenoxy) is 1. The monoisotopic (exact) mass is 377 g/mol. The smallest absolute Gasteiger partial charge is 0.410 e. The molecule has 5 heteroatoms. The predicted molar refractivity (Wildman–Crippen MR) is 111 cm³/mol. The molecule has 1 aliphatic rings. The van der Waals surface area contributed by atoms with Gasteiger partial charge in [0, 0.05) is 12.1 Å². The summed E-state index contributed by atoms with van der Waals surface area (Å²) in [4.78, 5) is 22.6. The van der Waals surface area contributed by atoms with Crippen LogP contribution < -0.4 is 0 Å². The maximum atomic E-state index is 12.7. The van der Waals surface area contributed by atoms with E-state index < -0.39 is 5.60 Å². The Morgan fingerprint density at radius 1 is 1.14 bits per heavy atom. The third kappa shape index (κ3) is 3.88. The summed E-state index contributed by atoms with van der Waals surface area (Å²) in [7, 11) is 0. The predicted octanol–water partition coefficient (Wildman–Crippen LogP) is 5.69. The molecule has 2 heterocycles. The lowest BCUT2D eigenvalue weighted by Crippen LogP contribution is -2.42. The van der Waals surface area contributed by atoms with Crippen molar-refractivity contribution in [2.45, 2.75) is 51.7 Å². The van der Waals surface area contributed by atoms with Gasteiger partial charge in [-0.1, -0.05) is 36.4 Å². The van der Waals surface area contributed by atoms with Crippen molar-refractivity contribution in [3.8, 4) is 11.3 Å². The highest BCUT2D eigenvalue weighted by atomic mass is 16.6. The number of aromatic nitrogens is 2. The number of nitrogens with zero attached hydrogens (tertiary/aromatic N) is 2. The summed E-state index contributed by atoms with van der Waals surface area (Å²) in [5.41, 5.74) is 1.56. The topological polar surface area (TPSA) is 58.2 Å². The number of likely N-dealkylation sites (tertiary alicyclic amines) is 1. The minimum Gasteiger partial charge on any atom is -0.444 e. The maximum Gasteiger partial charge on any atom is 0.410 e. The number of aromatic amines is 1. The molecule has 28 heavy (non-hydrogen) atoms. The van der Waals surface area contributed by atoms with Crippen LogP contribution in [-0.4, -0.2) is 33.1 Å². The fourth-order valence-corrected chi connectivity index (χ4v) is 3.76. The van der Waals surface area contributed by atoms with E-state index in [0.717, 1.165) is 36.3 Å². The number of piperidine rings is 1. The number of benzene rings is 2. The van der Waals surface area contributed by atoms with E-state index in [-0.39, 0.29) is 12.1 Å². The molecule has 1 aromatic heterocycles. The van der Waals surface area contributed by atoms with Crippen molar-refractivity contribution in [1.29, 1.82) is 0 Å². The molecule has 5 nitrogen and oxygen atoms in total. The zero-order valence-corrected chi connectivity index (χ0v) is 16.7. The molecule has 0 radical (unpaired) electrons. The first-order valence-electron chi connectivity index (χ1n) is 9.94. The van der Waals surface area contributed by atoms with E-state index in [1.54, 1.807) is 0 Å². The van der Waals surface area contributed by atoms with Crippen LogP contribution in [0.1, 0.15) is 51.9 Å². The van der Waals surface area contributed by atoms with Gasteiger partial charge in [0.2, 0.25) is 0 Å². The lowest BCUT2D eigenvalue weighted by atomic mass is 10.0. The third-order valence-electron chi connectivity index (χ3n) is 5.10. The molecule has 4 rings (SSSR count). The van der Waals surface area contributed by atoms with Gasteiger partial charge in [-0.15, -0.1) is 0 Å². The molecule has 0 bridgehead atoms. The summed E-state index contributed by atoms with van der Waals surface area (Å²) >= 11 is 0. The van der Waals surface area contributed by atoms with Gasteiger partial charge >= 0.3 is 6.09 Å². The van der Waals surface area contributed by atoms with E-state index in [0.29, 0.717) is 6.54 Å². The molecule has 3 aromatic rings. The van der Waals surface area contributed by atoms with E-state index in [1.807, 2.05) is 44.0 Å². The molecule has 1 aliphatic heterocycles. The minimum absolute atomic E-state index is 0.0715. The molecular weight excluding hydrogens is 350 g/mol. The number of fused-ring (bicyclic) bond motifs is 1. The van der Waals surface area contributed by atoms with Gasteiger partial charge in [-0.25, -0.2) is 9.78 Å². The van der Waals surface area contributed by atoms with Crippen molar-refractivity contribution in [2.75, 3.05) is 6.54 Å². The number of carbonyl (C=O) groups excluding carboxylic acids is 1. The average molecular weight is 377 g/mol. The van der Waals surface area contributed by atoms with Crippen LogP contribution in [0, 0.1) is 0 Å². The van der Waals surface area contributed by atoms with Crippen LogP contribution in [-0.2, 0) is 4.74 Å². The van der Waals surface area contributed by atoms with Gasteiger partial charge in [0.25, 0.3) is 0 Å². The normalized spacial score (nSPS) is 17.7. The van der Waals surface area contributed by atoms with Gasteiger partial charge in [0.15, 0.2) is 0 Å². The van der Waals surface area contributed by atoms with Gasteiger partial charge < -0.3 is 9.72 Å². The molecule has 1 atom stereocenters. The minimum atomic E-state index is -0.501. The second kappa shape index (κ2) is 7.30. The van der Waals surface area contributed by atoms with Crippen LogP contribution in [0.2, 0.25) is 0 Å². The average Bonchev–Trinajstić information content (AvgIpc) is 3.16. The SMILES string of the molecule is CC(C)(C)OC(=O)N1CCCCC1c1ncc(-c2ccc3ccccc3c2)[nH]1. The lowest BCUT2D eigenvalue weighted by molar-refractivity contribution is 0.00854. The molecule has 1 saturated heterocycles. The fourth-order valence-electron chi connectivity index (χ4n) is 3.76. The zero-order valence-electron chi connectivity index (χ0n) is 16.7. The molecule has 0 spiro atoms. The number of imidazole rings is 1. The Morgan fingerprint density at radius 3 is 2.71 bits per heavy atom. The number of nitrogens with one attached hydrogen (secondary N) is 1. The first-order valence-corrected chi connectivity index (χ1v) is 9.94. The quantitative estimate of drug-likeness (QED) is 0.624. The summed E-state index contributed by atoms with van der Waals surface area (Å²) in [5, 5.41) is 2.42. The number of amides is 1. The van der Waals surface area contributed by atoms with Gasteiger partial charge in [-0.05, 0) is 56.9 Å². The highest BCUT2D eigenvalue weighted by Crippen LogP contribution is 2.32. The first kappa shape index (κ1) is 18.5. The molecule has 2 aromatic carbocycles. The van der Waals surface area contributed by atoms with E-state index in [2.05, 4.69) is 40.3 Å². The first-order chi connectivity index (χ1) is 13.4. The number of H-pyrrole nitrogens is 1. The van der Waals surface area contributed by atoms with Crippen molar-refractivity contribution < 1.29 is 9.53 Å². The Labute approximate surface area is 165 Å². The van der Waals surface area contributed by atoms with E-state index in [1.165, 1.54) is 10.8 Å². The van der Waals surface area contributed by atoms with Gasteiger partial charge in [-0.2, -0.15) is 0 Å². The highest BCUT2D eigenvalue weighted by molar-refractivity contribution is 5.86. The van der Waals surface area contributed by atoms with Gasteiger partial charge in [-0.3, -0.25) is 4.90 Å². The molecule has 1 amide bonds. The third-order valence-corrected chi connectivity index (χ3v) is 5.10. The van der Waals surface area contributed by atoms with Crippen LogP contribution in [0.3, 0.4) is 0 Å². The molecule has 0 aliphatic carbocycles. The van der Waals surface area contributed by atoms with Crippen LogP contribution >= 0.6 is 0 Å². The Hall–Kier alpha value is -2.82. The standard InChI is InChI=1S/C23H27N3O2/c1-23(2,3)28-22(27)26-13-7-6-10-20(26)21-24-15-19(25-21)18-12-11-16-8-4-5-9-17(16)14-18/h4-5,8-9,11-12,14-15,20H,6-7,10,13H2,1-3H3,(H,24,25). The number of rotatable bonds is 2. The van der Waals surface area contributed by atoms with E-state index in [9.17, 15) is 4.79 Å². The van der Waals surface area contributed by atoms with Gasteiger partial charge in [0.05, 0.1) is 17.9 Å². The number of hydrogen-bond donors (Lipinski definition) is 1. The number of carbonyl (C=O) groups is 1. The molecule has 1 N–H and O–H groups in total. The van der Waals surface area contributed by atoms with Crippen molar-refractivity contribution in [3.05, 3.63) is 54.5 Å². The Bertz CT molecular complexity index is 987. The Morgan fingerprint density at radius 2 is 1.93 bits per heavy atom. The molecular formula is C23H27N3O2. The van der Waals surface area contributed by atoms with E-state index in [4.69, 9.17) is 4.74 Å². The molecule has 1 unspecified atom stereocenters. The summed E-state index contributed by atoms with van der Waals surface area (Å²) in [6.45, 7) is 6.39. The van der Waals surface area contributed by atoms with Crippen LogP contribution in [0.25, 0.3) is 22.0 Å². The number of hydrogen-bond acceptors (Lipinski definition) is 3. The highest BCUT2D eigenvalue weighted by Gasteiger charge is 2.33. The Kier molecular flexibility index (Phi) is 4.84. The largest absolute Gasteiger partial charge is 0.444 e. The summed E-state index contributed by atoms with van der Waals surface area (Å²) in [6.07, 6.45) is 4.57. The van der Waals surface area contributed by atoms with E-state index >= 15 is 0 Å². The van der Waals surface area contributed by atoms with Crippen LogP contribution in [0.5, 0.6) is 0 Å².